The number of rotatable bonds is 5. The van der Waals surface area contributed by atoms with Gasteiger partial charge in [-0.15, -0.1) is 11.8 Å². The molecule has 2 heterocycles. The van der Waals surface area contributed by atoms with Crippen molar-refractivity contribution in [3.63, 3.8) is 0 Å². The molecule has 2 saturated heterocycles. The second kappa shape index (κ2) is 7.36. The van der Waals surface area contributed by atoms with Crippen LogP contribution >= 0.6 is 11.8 Å². The fraction of sp³-hybridized carbons (Fsp3) is 0.444. The molecule has 2 aliphatic rings. The molecule has 3 nitrogen and oxygen atoms in total. The minimum Gasteiger partial charge on any atom is -0.394 e. The van der Waals surface area contributed by atoms with Gasteiger partial charge in [-0.3, -0.25) is 0 Å². The summed E-state index contributed by atoms with van der Waals surface area (Å²) in [5, 5.41) is 9.80. The number of thioether (sulfide) groups is 1. The lowest BCUT2D eigenvalue weighted by molar-refractivity contribution is 0.145. The minimum atomic E-state index is 0.0813. The summed E-state index contributed by atoms with van der Waals surface area (Å²) in [7, 11) is 0. The lowest BCUT2D eigenvalue weighted by atomic mass is 10.0. The monoisotopic (exact) mass is 317 g/mol. The standard InChI is InChI=1S/C18H23NO2S/c1-14-18(11-17-8-5-9-21-17)22-13-19(14)16(12-20)10-15-6-3-2-4-7-15/h2-4,6-7,11,16-17,20H,1,5,8-10,12-13H2/b18-11+. The smallest absolute Gasteiger partial charge is 0.0771 e. The van der Waals surface area contributed by atoms with Crippen LogP contribution in [-0.2, 0) is 11.2 Å². The van der Waals surface area contributed by atoms with Crippen LogP contribution < -0.4 is 0 Å². The van der Waals surface area contributed by atoms with E-state index in [1.165, 1.54) is 10.5 Å². The van der Waals surface area contributed by atoms with Crippen LogP contribution in [0.1, 0.15) is 18.4 Å². The molecule has 1 aromatic rings. The topological polar surface area (TPSA) is 32.7 Å². The third-order valence-electron chi connectivity index (χ3n) is 4.26. The van der Waals surface area contributed by atoms with E-state index in [9.17, 15) is 5.11 Å². The summed E-state index contributed by atoms with van der Waals surface area (Å²) in [6, 6.07) is 10.4. The number of hydrogen-bond acceptors (Lipinski definition) is 4. The van der Waals surface area contributed by atoms with Gasteiger partial charge in [-0.1, -0.05) is 36.9 Å². The van der Waals surface area contributed by atoms with Crippen molar-refractivity contribution in [1.82, 2.24) is 4.90 Å². The van der Waals surface area contributed by atoms with Crippen LogP contribution in [0.5, 0.6) is 0 Å². The zero-order chi connectivity index (χ0) is 15.4. The Kier molecular flexibility index (Phi) is 5.24. The second-order valence-electron chi connectivity index (χ2n) is 5.80. The molecular weight excluding hydrogens is 294 g/mol. The Hall–Kier alpha value is -1.23. The Morgan fingerprint density at radius 3 is 2.91 bits per heavy atom. The average molecular weight is 317 g/mol. The van der Waals surface area contributed by atoms with Gasteiger partial charge in [0, 0.05) is 17.2 Å². The maximum absolute atomic E-state index is 9.80. The predicted molar refractivity (Wildman–Crippen MR) is 91.5 cm³/mol. The molecule has 0 aliphatic carbocycles. The highest BCUT2D eigenvalue weighted by Crippen LogP contribution is 2.38. The Balaban J connectivity index is 1.67. The molecule has 0 saturated carbocycles. The number of aliphatic hydroxyl groups excluding tert-OH is 1. The Morgan fingerprint density at radius 1 is 1.41 bits per heavy atom. The summed E-state index contributed by atoms with van der Waals surface area (Å²) >= 11 is 1.80. The summed E-state index contributed by atoms with van der Waals surface area (Å²) in [5.74, 6) is 0.857. The normalized spacial score (nSPS) is 25.1. The van der Waals surface area contributed by atoms with Crippen LogP contribution in [-0.4, -0.2) is 41.2 Å². The van der Waals surface area contributed by atoms with E-state index in [4.69, 9.17) is 4.74 Å². The van der Waals surface area contributed by atoms with Gasteiger partial charge in [0.1, 0.15) is 0 Å². The van der Waals surface area contributed by atoms with E-state index in [1.807, 2.05) is 18.2 Å². The minimum absolute atomic E-state index is 0.0813. The van der Waals surface area contributed by atoms with E-state index in [0.717, 1.165) is 37.4 Å². The highest BCUT2D eigenvalue weighted by atomic mass is 32.2. The molecule has 0 radical (unpaired) electrons. The first-order chi connectivity index (χ1) is 10.8. The molecule has 4 heteroatoms. The van der Waals surface area contributed by atoms with E-state index >= 15 is 0 Å². The molecule has 2 atom stereocenters. The van der Waals surface area contributed by atoms with E-state index in [0.29, 0.717) is 0 Å². The highest BCUT2D eigenvalue weighted by molar-refractivity contribution is 8.03. The van der Waals surface area contributed by atoms with Crippen LogP contribution in [0.15, 0.2) is 53.6 Å². The quantitative estimate of drug-likeness (QED) is 0.904. The first kappa shape index (κ1) is 15.7. The highest BCUT2D eigenvalue weighted by Gasteiger charge is 2.28. The number of nitrogens with zero attached hydrogens (tertiary/aromatic N) is 1. The van der Waals surface area contributed by atoms with Crippen LogP contribution in [0, 0.1) is 0 Å². The Bertz CT molecular complexity index is 537. The van der Waals surface area contributed by atoms with E-state index in [-0.39, 0.29) is 18.8 Å². The lowest BCUT2D eigenvalue weighted by Crippen LogP contribution is -2.36. The SMILES string of the molecule is C=C1/C(=C\C2CCCO2)SCN1C(CO)Cc1ccccc1. The van der Waals surface area contributed by atoms with Gasteiger partial charge in [-0.2, -0.15) is 0 Å². The van der Waals surface area contributed by atoms with Gasteiger partial charge in [0.25, 0.3) is 0 Å². The van der Waals surface area contributed by atoms with Gasteiger partial charge < -0.3 is 14.7 Å². The number of ether oxygens (including phenoxy) is 1. The van der Waals surface area contributed by atoms with Crippen molar-refractivity contribution in [1.29, 1.82) is 0 Å². The van der Waals surface area contributed by atoms with Crippen molar-refractivity contribution < 1.29 is 9.84 Å². The Labute approximate surface area is 136 Å². The van der Waals surface area contributed by atoms with Gasteiger partial charge in [0.15, 0.2) is 0 Å². The molecule has 0 aromatic heterocycles. The summed E-state index contributed by atoms with van der Waals surface area (Å²) in [4.78, 5) is 3.43. The van der Waals surface area contributed by atoms with Crippen LogP contribution in [0.3, 0.4) is 0 Å². The molecule has 2 fully saturated rings. The van der Waals surface area contributed by atoms with E-state index in [1.54, 1.807) is 11.8 Å². The molecule has 0 bridgehead atoms. The average Bonchev–Trinajstić information content (AvgIpc) is 3.18. The molecule has 0 amide bonds. The summed E-state index contributed by atoms with van der Waals surface area (Å²) in [6.07, 6.45) is 5.52. The third kappa shape index (κ3) is 3.57. The molecule has 3 rings (SSSR count). The zero-order valence-corrected chi connectivity index (χ0v) is 13.6. The Morgan fingerprint density at radius 2 is 2.23 bits per heavy atom. The van der Waals surface area contributed by atoms with Crippen LogP contribution in [0.4, 0.5) is 0 Å². The summed E-state index contributed by atoms with van der Waals surface area (Å²) < 4.78 is 5.68. The van der Waals surface area contributed by atoms with Gasteiger partial charge in [0.05, 0.1) is 24.6 Å². The van der Waals surface area contributed by atoms with Crippen molar-refractivity contribution in [2.45, 2.75) is 31.4 Å². The van der Waals surface area contributed by atoms with Crippen molar-refractivity contribution in [3.05, 3.63) is 59.2 Å². The third-order valence-corrected chi connectivity index (χ3v) is 5.35. The maximum atomic E-state index is 9.80. The van der Waals surface area contributed by atoms with Gasteiger partial charge in [-0.05, 0) is 30.9 Å². The van der Waals surface area contributed by atoms with Crippen molar-refractivity contribution in [3.8, 4) is 0 Å². The zero-order valence-electron chi connectivity index (χ0n) is 12.8. The first-order valence-corrected chi connectivity index (χ1v) is 8.83. The molecule has 22 heavy (non-hydrogen) atoms. The molecule has 1 N–H and O–H groups in total. The predicted octanol–water partition coefficient (Wildman–Crippen LogP) is 3.17. The van der Waals surface area contributed by atoms with Crippen LogP contribution in [0.2, 0.25) is 0 Å². The van der Waals surface area contributed by atoms with Gasteiger partial charge >= 0.3 is 0 Å². The van der Waals surface area contributed by atoms with Gasteiger partial charge in [0.2, 0.25) is 0 Å². The molecule has 2 unspecified atom stereocenters. The molecule has 0 spiro atoms. The number of benzene rings is 1. The maximum Gasteiger partial charge on any atom is 0.0771 e. The summed E-state index contributed by atoms with van der Waals surface area (Å²) in [5.41, 5.74) is 2.27. The summed E-state index contributed by atoms with van der Waals surface area (Å²) in [6.45, 7) is 5.24. The van der Waals surface area contributed by atoms with Crippen molar-refractivity contribution in [2.24, 2.45) is 0 Å². The molecule has 1 aromatic carbocycles. The number of hydrogen-bond donors (Lipinski definition) is 1. The van der Waals surface area contributed by atoms with Crippen molar-refractivity contribution >= 4 is 11.8 Å². The van der Waals surface area contributed by atoms with Gasteiger partial charge in [-0.25, -0.2) is 0 Å². The second-order valence-corrected chi connectivity index (χ2v) is 6.79. The van der Waals surface area contributed by atoms with E-state index < -0.39 is 0 Å². The number of aliphatic hydroxyl groups is 1. The fourth-order valence-corrected chi connectivity index (χ4v) is 4.15. The molecule has 118 valence electrons. The van der Waals surface area contributed by atoms with E-state index in [2.05, 4.69) is 29.7 Å². The molecular formula is C18H23NO2S. The largest absolute Gasteiger partial charge is 0.394 e. The molecule has 2 aliphatic heterocycles. The fourth-order valence-electron chi connectivity index (χ4n) is 2.97. The lowest BCUT2D eigenvalue weighted by Gasteiger charge is -2.28. The first-order valence-electron chi connectivity index (χ1n) is 7.85. The van der Waals surface area contributed by atoms with Crippen LogP contribution in [0.25, 0.3) is 0 Å². The van der Waals surface area contributed by atoms with Crippen molar-refractivity contribution in [2.75, 3.05) is 19.1 Å².